The van der Waals surface area contributed by atoms with Crippen LogP contribution in [0.2, 0.25) is 0 Å². The second kappa shape index (κ2) is 5.96. The van der Waals surface area contributed by atoms with Gasteiger partial charge in [0.1, 0.15) is 0 Å². The molecule has 0 aromatic carbocycles. The Morgan fingerprint density at radius 1 is 1.29 bits per heavy atom. The Kier molecular flexibility index (Phi) is 4.57. The van der Waals surface area contributed by atoms with Crippen LogP contribution in [0.4, 0.5) is 0 Å². The third-order valence-electron chi connectivity index (χ3n) is 4.06. The van der Waals surface area contributed by atoms with E-state index in [1.165, 1.54) is 25.7 Å². The summed E-state index contributed by atoms with van der Waals surface area (Å²) in [6.45, 7) is 5.71. The van der Waals surface area contributed by atoms with E-state index in [0.717, 1.165) is 25.5 Å². The summed E-state index contributed by atoms with van der Waals surface area (Å²) >= 11 is 0. The zero-order chi connectivity index (χ0) is 12.3. The topological polar surface area (TPSA) is 38.3 Å². The second-order valence-corrected chi connectivity index (χ2v) is 5.80. The summed E-state index contributed by atoms with van der Waals surface area (Å²) in [5.74, 6) is 1.15. The number of hydrogen-bond donors (Lipinski definition) is 1. The van der Waals surface area contributed by atoms with Gasteiger partial charge in [-0.1, -0.05) is 26.7 Å². The normalized spacial score (nSPS) is 30.3. The smallest absolute Gasteiger partial charge is 0.154 e. The predicted molar refractivity (Wildman–Crippen MR) is 68.0 cm³/mol. The van der Waals surface area contributed by atoms with Gasteiger partial charge < -0.3 is 10.1 Å². The quantitative estimate of drug-likeness (QED) is 0.799. The van der Waals surface area contributed by atoms with Crippen LogP contribution in [-0.2, 0) is 9.53 Å². The Bertz CT molecular complexity index is 259. The van der Waals surface area contributed by atoms with Gasteiger partial charge in [0, 0.05) is 12.5 Å². The second-order valence-electron chi connectivity index (χ2n) is 5.80. The molecule has 2 aliphatic rings. The maximum absolute atomic E-state index is 12.0. The Hall–Kier alpha value is -0.410. The molecule has 3 nitrogen and oxygen atoms in total. The fraction of sp³-hybridized carbons (Fsp3) is 0.929. The SMILES string of the molecule is CC(C)C(=O)[C@H]1NCC[C@@H]1OCC1CCCC1. The van der Waals surface area contributed by atoms with Gasteiger partial charge in [-0.15, -0.1) is 0 Å². The third kappa shape index (κ3) is 3.29. The summed E-state index contributed by atoms with van der Waals surface area (Å²) < 4.78 is 5.99. The fourth-order valence-electron chi connectivity index (χ4n) is 2.94. The average molecular weight is 239 g/mol. The lowest BCUT2D eigenvalue weighted by Gasteiger charge is -2.22. The van der Waals surface area contributed by atoms with Gasteiger partial charge in [-0.3, -0.25) is 4.79 Å². The summed E-state index contributed by atoms with van der Waals surface area (Å²) in [6, 6.07) is -0.0589. The van der Waals surface area contributed by atoms with Crippen molar-refractivity contribution in [3.8, 4) is 0 Å². The molecule has 0 aromatic heterocycles. The van der Waals surface area contributed by atoms with Crippen LogP contribution in [0.3, 0.4) is 0 Å². The average Bonchev–Trinajstić information content (AvgIpc) is 2.96. The molecule has 1 saturated carbocycles. The number of rotatable bonds is 5. The lowest BCUT2D eigenvalue weighted by atomic mass is 9.98. The first-order chi connectivity index (χ1) is 8.18. The maximum atomic E-state index is 12.0. The minimum absolute atomic E-state index is 0.0589. The first kappa shape index (κ1) is 13.0. The summed E-state index contributed by atoms with van der Waals surface area (Å²) in [4.78, 5) is 12.0. The molecule has 2 fully saturated rings. The summed E-state index contributed by atoms with van der Waals surface area (Å²) in [6.07, 6.45) is 6.42. The predicted octanol–water partition coefficient (Wildman–Crippen LogP) is 2.15. The summed E-state index contributed by atoms with van der Waals surface area (Å²) in [5, 5.41) is 3.29. The van der Waals surface area contributed by atoms with Gasteiger partial charge in [0.05, 0.1) is 12.1 Å². The first-order valence-electron chi connectivity index (χ1n) is 7.07. The summed E-state index contributed by atoms with van der Waals surface area (Å²) in [7, 11) is 0. The highest BCUT2D eigenvalue weighted by atomic mass is 16.5. The number of ether oxygens (including phenoxy) is 1. The highest BCUT2D eigenvalue weighted by molar-refractivity contribution is 5.86. The zero-order valence-electron chi connectivity index (χ0n) is 11.1. The van der Waals surface area contributed by atoms with E-state index in [1.807, 2.05) is 13.8 Å². The number of Topliss-reactive ketones (excluding diaryl/α,β-unsaturated/α-hetero) is 1. The van der Waals surface area contributed by atoms with Gasteiger partial charge in [-0.2, -0.15) is 0 Å². The van der Waals surface area contributed by atoms with Crippen LogP contribution < -0.4 is 5.32 Å². The molecule has 2 rings (SSSR count). The van der Waals surface area contributed by atoms with Gasteiger partial charge in [-0.25, -0.2) is 0 Å². The van der Waals surface area contributed by atoms with E-state index in [2.05, 4.69) is 5.32 Å². The van der Waals surface area contributed by atoms with Gasteiger partial charge in [0.25, 0.3) is 0 Å². The zero-order valence-corrected chi connectivity index (χ0v) is 11.1. The molecular weight excluding hydrogens is 214 g/mol. The van der Waals surface area contributed by atoms with Crippen molar-refractivity contribution in [3.63, 3.8) is 0 Å². The number of carbonyl (C=O) groups excluding carboxylic acids is 1. The van der Waals surface area contributed by atoms with Crippen molar-refractivity contribution in [2.75, 3.05) is 13.2 Å². The molecule has 1 heterocycles. The van der Waals surface area contributed by atoms with Gasteiger partial charge >= 0.3 is 0 Å². The molecule has 0 unspecified atom stereocenters. The molecule has 0 spiro atoms. The number of nitrogens with one attached hydrogen (secondary N) is 1. The summed E-state index contributed by atoms with van der Waals surface area (Å²) in [5.41, 5.74) is 0. The monoisotopic (exact) mass is 239 g/mol. The van der Waals surface area contributed by atoms with E-state index >= 15 is 0 Å². The molecule has 1 saturated heterocycles. The lowest BCUT2D eigenvalue weighted by Crippen LogP contribution is -2.42. The minimum Gasteiger partial charge on any atom is -0.376 e. The van der Waals surface area contributed by atoms with Crippen molar-refractivity contribution in [1.82, 2.24) is 5.32 Å². The van der Waals surface area contributed by atoms with Crippen LogP contribution in [-0.4, -0.2) is 31.1 Å². The molecular formula is C14H25NO2. The maximum Gasteiger partial charge on any atom is 0.154 e. The van der Waals surface area contributed by atoms with E-state index in [1.54, 1.807) is 0 Å². The molecule has 98 valence electrons. The van der Waals surface area contributed by atoms with Crippen molar-refractivity contribution in [3.05, 3.63) is 0 Å². The standard InChI is InChI=1S/C14H25NO2/c1-10(2)14(16)13-12(7-8-15-13)17-9-11-5-3-4-6-11/h10-13,15H,3-9H2,1-2H3/t12-,13-/m0/s1. The van der Waals surface area contributed by atoms with E-state index in [-0.39, 0.29) is 18.1 Å². The Balaban J connectivity index is 1.80. The van der Waals surface area contributed by atoms with E-state index in [0.29, 0.717) is 5.78 Å². The van der Waals surface area contributed by atoms with Gasteiger partial charge in [0.2, 0.25) is 0 Å². The van der Waals surface area contributed by atoms with Crippen LogP contribution >= 0.6 is 0 Å². The third-order valence-corrected chi connectivity index (χ3v) is 4.06. The van der Waals surface area contributed by atoms with Crippen LogP contribution in [0, 0.1) is 11.8 Å². The van der Waals surface area contributed by atoms with E-state index < -0.39 is 0 Å². The van der Waals surface area contributed by atoms with Gasteiger partial charge in [-0.05, 0) is 31.7 Å². The van der Waals surface area contributed by atoms with Crippen molar-refractivity contribution >= 4 is 5.78 Å². The van der Waals surface area contributed by atoms with Crippen LogP contribution in [0.5, 0.6) is 0 Å². The molecule has 0 aromatic rings. The fourth-order valence-corrected chi connectivity index (χ4v) is 2.94. The number of hydrogen-bond acceptors (Lipinski definition) is 3. The van der Waals surface area contributed by atoms with Crippen molar-refractivity contribution in [1.29, 1.82) is 0 Å². The van der Waals surface area contributed by atoms with Crippen LogP contribution in [0.15, 0.2) is 0 Å². The van der Waals surface area contributed by atoms with E-state index in [4.69, 9.17) is 4.74 Å². The van der Waals surface area contributed by atoms with Crippen molar-refractivity contribution in [2.45, 2.75) is 58.1 Å². The van der Waals surface area contributed by atoms with E-state index in [9.17, 15) is 4.79 Å². The van der Waals surface area contributed by atoms with Crippen molar-refractivity contribution < 1.29 is 9.53 Å². The Morgan fingerprint density at radius 3 is 2.65 bits per heavy atom. The van der Waals surface area contributed by atoms with Crippen molar-refractivity contribution in [2.24, 2.45) is 11.8 Å². The highest BCUT2D eigenvalue weighted by Gasteiger charge is 2.34. The van der Waals surface area contributed by atoms with Gasteiger partial charge in [0.15, 0.2) is 5.78 Å². The Morgan fingerprint density at radius 2 is 2.00 bits per heavy atom. The largest absolute Gasteiger partial charge is 0.376 e. The lowest BCUT2D eigenvalue weighted by molar-refractivity contribution is -0.127. The first-order valence-corrected chi connectivity index (χ1v) is 7.07. The molecule has 0 amide bonds. The molecule has 0 radical (unpaired) electrons. The number of carbonyl (C=O) groups is 1. The Labute approximate surface area is 104 Å². The molecule has 0 bridgehead atoms. The molecule has 1 N–H and O–H groups in total. The van der Waals surface area contributed by atoms with Crippen LogP contribution in [0.1, 0.15) is 46.0 Å². The molecule has 1 aliphatic carbocycles. The molecule has 2 atom stereocenters. The molecule has 1 aliphatic heterocycles. The molecule has 17 heavy (non-hydrogen) atoms. The highest BCUT2D eigenvalue weighted by Crippen LogP contribution is 2.26. The molecule has 3 heteroatoms. The number of ketones is 1. The van der Waals surface area contributed by atoms with Crippen LogP contribution in [0.25, 0.3) is 0 Å². The minimum atomic E-state index is -0.0589.